The van der Waals surface area contributed by atoms with Gasteiger partial charge in [0.2, 0.25) is 5.89 Å². The summed E-state index contributed by atoms with van der Waals surface area (Å²) in [7, 11) is 1.83. The van der Waals surface area contributed by atoms with E-state index in [1.807, 2.05) is 43.4 Å². The molecule has 3 aromatic rings. The van der Waals surface area contributed by atoms with Crippen LogP contribution in [0.15, 0.2) is 53.2 Å². The van der Waals surface area contributed by atoms with Gasteiger partial charge in [-0.25, -0.2) is 0 Å². The first-order valence-electron chi connectivity index (χ1n) is 6.59. The zero-order valence-corrected chi connectivity index (χ0v) is 11.6. The second-order valence-corrected chi connectivity index (χ2v) is 4.47. The third-order valence-corrected chi connectivity index (χ3v) is 2.94. The smallest absolute Gasteiger partial charge is 0.320 e. The molecule has 2 N–H and O–H groups in total. The van der Waals surface area contributed by atoms with Gasteiger partial charge in [0.15, 0.2) is 0 Å². The van der Waals surface area contributed by atoms with Crippen molar-refractivity contribution in [3.8, 4) is 11.1 Å². The SMILES string of the molecule is CNCc1nnc(Nc2ccc(-c3ccncc3)cc2)o1. The number of aromatic nitrogens is 3. The van der Waals surface area contributed by atoms with Gasteiger partial charge in [-0.05, 0) is 42.4 Å². The second kappa shape index (κ2) is 6.15. The summed E-state index contributed by atoms with van der Waals surface area (Å²) in [6, 6.07) is 12.3. The highest BCUT2D eigenvalue weighted by molar-refractivity contribution is 5.66. The van der Waals surface area contributed by atoms with Crippen LogP contribution in [0, 0.1) is 0 Å². The minimum absolute atomic E-state index is 0.386. The van der Waals surface area contributed by atoms with E-state index in [-0.39, 0.29) is 0 Å². The van der Waals surface area contributed by atoms with E-state index >= 15 is 0 Å². The molecular weight excluding hydrogens is 266 g/mol. The molecule has 0 aliphatic heterocycles. The first kappa shape index (κ1) is 13.3. The van der Waals surface area contributed by atoms with Crippen LogP contribution >= 0.6 is 0 Å². The molecule has 2 aromatic heterocycles. The van der Waals surface area contributed by atoms with E-state index in [0.29, 0.717) is 18.5 Å². The number of hydrogen-bond acceptors (Lipinski definition) is 6. The molecule has 6 heteroatoms. The van der Waals surface area contributed by atoms with E-state index in [4.69, 9.17) is 4.42 Å². The van der Waals surface area contributed by atoms with Gasteiger partial charge in [-0.1, -0.05) is 17.2 Å². The molecule has 0 aliphatic rings. The third kappa shape index (κ3) is 3.24. The van der Waals surface area contributed by atoms with Gasteiger partial charge in [-0.3, -0.25) is 4.98 Å². The van der Waals surface area contributed by atoms with Gasteiger partial charge in [-0.2, -0.15) is 0 Å². The Bertz CT molecular complexity index is 694. The van der Waals surface area contributed by atoms with Crippen molar-refractivity contribution >= 4 is 11.7 Å². The average molecular weight is 281 g/mol. The number of rotatable bonds is 5. The lowest BCUT2D eigenvalue weighted by Gasteiger charge is -2.04. The summed E-state index contributed by atoms with van der Waals surface area (Å²) in [4.78, 5) is 4.02. The molecular formula is C15H15N5O. The Hall–Kier alpha value is -2.73. The van der Waals surface area contributed by atoms with Crippen LogP contribution in [0.4, 0.5) is 11.7 Å². The molecule has 0 aliphatic carbocycles. The fourth-order valence-electron chi connectivity index (χ4n) is 1.94. The maximum atomic E-state index is 5.44. The Morgan fingerprint density at radius 1 is 0.952 bits per heavy atom. The topological polar surface area (TPSA) is 75.9 Å². The summed E-state index contributed by atoms with van der Waals surface area (Å²) in [5, 5.41) is 13.9. The first-order valence-corrected chi connectivity index (χ1v) is 6.59. The second-order valence-electron chi connectivity index (χ2n) is 4.47. The van der Waals surface area contributed by atoms with Gasteiger partial charge in [-0.15, -0.1) is 5.10 Å². The van der Waals surface area contributed by atoms with Crippen molar-refractivity contribution in [2.45, 2.75) is 6.54 Å². The molecule has 0 radical (unpaired) electrons. The van der Waals surface area contributed by atoms with Crippen LogP contribution in [0.2, 0.25) is 0 Å². The fraction of sp³-hybridized carbons (Fsp3) is 0.133. The van der Waals surface area contributed by atoms with Gasteiger partial charge >= 0.3 is 6.01 Å². The molecule has 0 fully saturated rings. The van der Waals surface area contributed by atoms with Crippen molar-refractivity contribution in [1.82, 2.24) is 20.5 Å². The number of pyridine rings is 1. The summed E-state index contributed by atoms with van der Waals surface area (Å²) in [6.07, 6.45) is 3.56. The predicted molar refractivity (Wildman–Crippen MR) is 80.0 cm³/mol. The molecule has 106 valence electrons. The molecule has 0 atom stereocenters. The van der Waals surface area contributed by atoms with Crippen LogP contribution in [-0.2, 0) is 6.54 Å². The molecule has 2 heterocycles. The predicted octanol–water partition coefficient (Wildman–Crippen LogP) is 2.59. The molecule has 0 spiro atoms. The lowest BCUT2D eigenvalue weighted by Crippen LogP contribution is -2.04. The molecule has 6 nitrogen and oxygen atoms in total. The van der Waals surface area contributed by atoms with Crippen molar-refractivity contribution in [3.05, 3.63) is 54.7 Å². The van der Waals surface area contributed by atoms with Gasteiger partial charge in [0.1, 0.15) is 0 Å². The molecule has 3 rings (SSSR count). The Balaban J connectivity index is 1.72. The average Bonchev–Trinajstić information content (AvgIpc) is 2.97. The normalized spacial score (nSPS) is 10.5. The van der Waals surface area contributed by atoms with E-state index in [9.17, 15) is 0 Å². The summed E-state index contributed by atoms with van der Waals surface area (Å²) < 4.78 is 5.44. The maximum absolute atomic E-state index is 5.44. The fourth-order valence-corrected chi connectivity index (χ4v) is 1.94. The van der Waals surface area contributed by atoms with Crippen molar-refractivity contribution in [2.24, 2.45) is 0 Å². The maximum Gasteiger partial charge on any atom is 0.320 e. The zero-order chi connectivity index (χ0) is 14.5. The van der Waals surface area contributed by atoms with Crippen LogP contribution in [0.1, 0.15) is 5.89 Å². The van der Waals surface area contributed by atoms with Crippen LogP contribution in [0.25, 0.3) is 11.1 Å². The van der Waals surface area contributed by atoms with Crippen LogP contribution < -0.4 is 10.6 Å². The number of hydrogen-bond donors (Lipinski definition) is 2. The van der Waals surface area contributed by atoms with E-state index < -0.39 is 0 Å². The minimum Gasteiger partial charge on any atom is -0.406 e. The highest BCUT2D eigenvalue weighted by Gasteiger charge is 2.05. The van der Waals surface area contributed by atoms with E-state index in [2.05, 4.69) is 25.8 Å². The van der Waals surface area contributed by atoms with Crippen molar-refractivity contribution < 1.29 is 4.42 Å². The Morgan fingerprint density at radius 3 is 2.38 bits per heavy atom. The van der Waals surface area contributed by atoms with E-state index in [0.717, 1.165) is 16.8 Å². The summed E-state index contributed by atoms with van der Waals surface area (Å²) in [5.74, 6) is 0.549. The Kier molecular flexibility index (Phi) is 3.88. The number of nitrogens with one attached hydrogen (secondary N) is 2. The number of anilines is 2. The van der Waals surface area contributed by atoms with Crippen molar-refractivity contribution in [3.63, 3.8) is 0 Å². The lowest BCUT2D eigenvalue weighted by atomic mass is 10.1. The first-order chi connectivity index (χ1) is 10.3. The number of nitrogens with zero attached hydrogens (tertiary/aromatic N) is 3. The summed E-state index contributed by atoms with van der Waals surface area (Å²) in [5.41, 5.74) is 3.16. The Labute approximate surface area is 122 Å². The lowest BCUT2D eigenvalue weighted by molar-refractivity contribution is 0.493. The monoisotopic (exact) mass is 281 g/mol. The van der Waals surface area contributed by atoms with Gasteiger partial charge in [0.25, 0.3) is 0 Å². The molecule has 1 aromatic carbocycles. The van der Waals surface area contributed by atoms with Crippen LogP contribution in [0.5, 0.6) is 0 Å². The van der Waals surface area contributed by atoms with E-state index in [1.54, 1.807) is 12.4 Å². The van der Waals surface area contributed by atoms with Crippen molar-refractivity contribution in [1.29, 1.82) is 0 Å². The summed E-state index contributed by atoms with van der Waals surface area (Å²) in [6.45, 7) is 0.551. The number of benzene rings is 1. The van der Waals surface area contributed by atoms with Gasteiger partial charge in [0, 0.05) is 18.1 Å². The highest BCUT2D eigenvalue weighted by atomic mass is 16.4. The molecule has 0 bridgehead atoms. The molecule has 0 unspecified atom stereocenters. The summed E-state index contributed by atoms with van der Waals surface area (Å²) >= 11 is 0. The van der Waals surface area contributed by atoms with E-state index in [1.165, 1.54) is 0 Å². The molecule has 0 saturated heterocycles. The Morgan fingerprint density at radius 2 is 1.67 bits per heavy atom. The third-order valence-electron chi connectivity index (χ3n) is 2.94. The molecule has 0 saturated carbocycles. The quantitative estimate of drug-likeness (QED) is 0.748. The van der Waals surface area contributed by atoms with Gasteiger partial charge in [0.05, 0.1) is 6.54 Å². The highest BCUT2D eigenvalue weighted by Crippen LogP contribution is 2.22. The van der Waals surface area contributed by atoms with Crippen LogP contribution in [-0.4, -0.2) is 22.2 Å². The van der Waals surface area contributed by atoms with Gasteiger partial charge < -0.3 is 15.1 Å². The molecule has 21 heavy (non-hydrogen) atoms. The molecule has 0 amide bonds. The van der Waals surface area contributed by atoms with Crippen molar-refractivity contribution in [2.75, 3.05) is 12.4 Å². The minimum atomic E-state index is 0.386. The van der Waals surface area contributed by atoms with Crippen LogP contribution in [0.3, 0.4) is 0 Å². The zero-order valence-electron chi connectivity index (χ0n) is 11.6. The standard InChI is InChI=1S/C15H15N5O/c1-16-10-14-19-20-15(21-14)18-13-4-2-11(3-5-13)12-6-8-17-9-7-12/h2-9,16H,10H2,1H3,(H,18,20). The largest absolute Gasteiger partial charge is 0.406 e.